The predicted molar refractivity (Wildman–Crippen MR) is 410 cm³/mol. The van der Waals surface area contributed by atoms with Crippen LogP contribution in [0.1, 0.15) is 293 Å². The summed E-state index contributed by atoms with van der Waals surface area (Å²) < 4.78 is 56.4. The molecule has 0 saturated carbocycles. The van der Waals surface area contributed by atoms with Gasteiger partial charge in [0.15, 0.2) is 0 Å². The number of nitrogens with one attached hydrogen (secondary N) is 4. The van der Waals surface area contributed by atoms with E-state index in [2.05, 4.69) is 42.0 Å². The highest BCUT2D eigenvalue weighted by molar-refractivity contribution is 7.48. The number of unbranched alkanes of at least 4 members (excludes halogenated alkanes) is 26. The van der Waals surface area contributed by atoms with Gasteiger partial charge in [-0.15, -0.1) is 0 Å². The topological polar surface area (TPSA) is 232 Å². The highest BCUT2D eigenvalue weighted by Gasteiger charge is 2.31. The number of ether oxygens (including phenoxy) is 4. The summed E-state index contributed by atoms with van der Waals surface area (Å²) >= 11 is 0. The standard InChI is InChI=1S/C84H131N4O14P/c1-4-7-10-13-16-19-22-25-41-56-76(97-66-71-47-33-28-34-48-71)64-79(89)87-75(70-101-103(95,99-68-73-51-37-30-38-52-73)100-69-74-53-39-31-40-54-74)55-46-62-85-83(93)78(60-63-96-81(91)58-44-32-45-61-86-84(94)98-67-72-49-35-29-36-50-72)88-80(90)65-77(57-42-26-23-20-17-14-11-8-5-2)102-82(92)59-43-27-24-21-18-15-12-9-6-3/h28-31,33-40,47-54,75-78H,4-27,32,41-46,55-70H2,1-3H3,(H,85,93)(H,86,94)(H,87,89)(H,88,90)/t75?,76-,77-,78?/m1/s1. The lowest BCUT2D eigenvalue weighted by Gasteiger charge is -2.25. The highest BCUT2D eigenvalue weighted by Crippen LogP contribution is 2.51. The van der Waals surface area contributed by atoms with Crippen LogP contribution in [0.2, 0.25) is 0 Å². The van der Waals surface area contributed by atoms with Crippen molar-refractivity contribution in [2.24, 2.45) is 0 Å². The minimum absolute atomic E-state index is 0.0417. The predicted octanol–water partition coefficient (Wildman–Crippen LogP) is 19.9. The number of rotatable bonds is 65. The molecule has 0 saturated heterocycles. The van der Waals surface area contributed by atoms with Gasteiger partial charge in [-0.25, -0.2) is 9.36 Å². The number of carbonyl (C=O) groups is 6. The van der Waals surface area contributed by atoms with Gasteiger partial charge in [0.05, 0.1) is 58.0 Å². The van der Waals surface area contributed by atoms with Crippen LogP contribution >= 0.6 is 7.82 Å². The van der Waals surface area contributed by atoms with Crippen molar-refractivity contribution in [2.45, 2.75) is 322 Å². The maximum Gasteiger partial charge on any atom is 0.475 e. The second kappa shape index (κ2) is 59.8. The maximum atomic E-state index is 14.7. The number of hydrogen-bond donors (Lipinski definition) is 4. The Morgan fingerprint density at radius 3 is 1.29 bits per heavy atom. The van der Waals surface area contributed by atoms with Crippen molar-refractivity contribution in [1.82, 2.24) is 21.3 Å². The summed E-state index contributed by atoms with van der Waals surface area (Å²) in [7, 11) is -4.29. The maximum absolute atomic E-state index is 14.7. The molecule has 0 spiro atoms. The first kappa shape index (κ1) is 89.0. The first-order chi connectivity index (χ1) is 50.4. The molecule has 4 N–H and O–H groups in total. The molecule has 0 aliphatic rings. The number of amides is 4. The summed E-state index contributed by atoms with van der Waals surface area (Å²) in [5.74, 6) is -2.07. The molecule has 4 atom stereocenters. The molecule has 103 heavy (non-hydrogen) atoms. The van der Waals surface area contributed by atoms with Crippen molar-refractivity contribution >= 4 is 43.6 Å². The molecule has 18 nitrogen and oxygen atoms in total. The summed E-state index contributed by atoms with van der Waals surface area (Å²) in [5, 5.41) is 11.8. The summed E-state index contributed by atoms with van der Waals surface area (Å²) in [6.07, 6.45) is 32.7. The van der Waals surface area contributed by atoms with Crippen LogP contribution in [0.25, 0.3) is 0 Å². The van der Waals surface area contributed by atoms with Crippen LogP contribution < -0.4 is 21.3 Å². The van der Waals surface area contributed by atoms with E-state index in [9.17, 15) is 33.3 Å². The van der Waals surface area contributed by atoms with Gasteiger partial charge in [0, 0.05) is 32.4 Å². The van der Waals surface area contributed by atoms with Crippen LogP contribution in [0.3, 0.4) is 0 Å². The van der Waals surface area contributed by atoms with Crippen LogP contribution in [0.5, 0.6) is 0 Å². The summed E-state index contributed by atoms with van der Waals surface area (Å²) in [4.78, 5) is 81.9. The molecule has 0 aromatic heterocycles. The minimum Gasteiger partial charge on any atom is -0.466 e. The molecule has 19 heteroatoms. The Labute approximate surface area is 619 Å². The number of alkyl carbamates (subject to hydrolysis) is 1. The molecule has 0 fully saturated rings. The third kappa shape index (κ3) is 47.6. The molecule has 0 aliphatic heterocycles. The average Bonchev–Trinajstić information content (AvgIpc) is 0.875. The van der Waals surface area contributed by atoms with Gasteiger partial charge < -0.3 is 40.2 Å². The number of carbonyl (C=O) groups excluding carboxylic acids is 6. The van der Waals surface area contributed by atoms with Gasteiger partial charge in [-0.3, -0.25) is 37.5 Å². The molecule has 4 rings (SSSR count). The van der Waals surface area contributed by atoms with E-state index < -0.39 is 49.9 Å². The van der Waals surface area contributed by atoms with E-state index in [1.165, 1.54) is 103 Å². The molecular weight excluding hydrogens is 1320 g/mol. The van der Waals surface area contributed by atoms with Crippen molar-refractivity contribution in [1.29, 1.82) is 0 Å². The van der Waals surface area contributed by atoms with E-state index in [4.69, 9.17) is 32.5 Å². The Morgan fingerprint density at radius 1 is 0.379 bits per heavy atom. The molecule has 4 aromatic carbocycles. The Balaban J connectivity index is 1.48. The molecule has 4 amide bonds. The van der Waals surface area contributed by atoms with Crippen molar-refractivity contribution in [2.75, 3.05) is 26.3 Å². The largest absolute Gasteiger partial charge is 0.475 e. The summed E-state index contributed by atoms with van der Waals surface area (Å²) in [6.45, 7) is 7.09. The fraction of sp³-hybridized carbons (Fsp3) is 0.643. The smallest absolute Gasteiger partial charge is 0.466 e. The molecule has 0 heterocycles. The number of esters is 2. The van der Waals surface area contributed by atoms with Gasteiger partial charge in [0.1, 0.15) is 18.8 Å². The molecule has 2 unspecified atom stereocenters. The van der Waals surface area contributed by atoms with E-state index in [0.29, 0.717) is 58.1 Å². The SMILES string of the molecule is CCCCCCCCCCCC(=O)O[C@H](CCCCCCCCCCC)CC(=O)NC(CCOC(=O)CCCCCNC(=O)OCc1ccccc1)C(=O)NCCCC(COP(=O)(OCc1ccccc1)OCc1ccccc1)NC(=O)C[C@@H](CCCCCCCCCCC)OCc1ccccc1. The van der Waals surface area contributed by atoms with Gasteiger partial charge in [0.25, 0.3) is 0 Å². The minimum atomic E-state index is -4.29. The van der Waals surface area contributed by atoms with Gasteiger partial charge >= 0.3 is 25.9 Å². The second-order valence-electron chi connectivity index (χ2n) is 27.6. The Morgan fingerprint density at radius 2 is 0.786 bits per heavy atom. The zero-order valence-electron chi connectivity index (χ0n) is 63.3. The molecular formula is C84H131N4O14P. The van der Waals surface area contributed by atoms with Gasteiger partial charge in [-0.2, -0.15) is 0 Å². The Bertz CT molecular complexity index is 2790. The Hall–Kier alpha value is -6.43. The third-order valence-corrected chi connectivity index (χ3v) is 19.7. The number of benzene rings is 4. The monoisotopic (exact) mass is 1450 g/mol. The first-order valence-electron chi connectivity index (χ1n) is 39.8. The first-order valence-corrected chi connectivity index (χ1v) is 41.3. The lowest BCUT2D eigenvalue weighted by molar-refractivity contribution is -0.151. The van der Waals surface area contributed by atoms with E-state index in [0.717, 1.165) is 86.5 Å². The third-order valence-electron chi connectivity index (χ3n) is 18.3. The van der Waals surface area contributed by atoms with E-state index >= 15 is 0 Å². The van der Waals surface area contributed by atoms with Crippen molar-refractivity contribution < 1.29 is 65.9 Å². The van der Waals surface area contributed by atoms with Crippen LogP contribution in [-0.2, 0) is 87.5 Å². The molecule has 0 bridgehead atoms. The van der Waals surface area contributed by atoms with Gasteiger partial charge in [-0.05, 0) is 73.6 Å². The summed E-state index contributed by atoms with van der Waals surface area (Å²) in [6, 6.07) is 36.0. The van der Waals surface area contributed by atoms with Gasteiger partial charge in [0.2, 0.25) is 17.7 Å². The highest BCUT2D eigenvalue weighted by atomic mass is 31.2. The van der Waals surface area contributed by atoms with E-state index in [1.807, 2.05) is 121 Å². The van der Waals surface area contributed by atoms with Crippen molar-refractivity contribution in [3.8, 4) is 0 Å². The zero-order valence-corrected chi connectivity index (χ0v) is 64.1. The fourth-order valence-electron chi connectivity index (χ4n) is 12.2. The van der Waals surface area contributed by atoms with E-state index in [1.54, 1.807) is 0 Å². The average molecular weight is 1450 g/mol. The van der Waals surface area contributed by atoms with Crippen LogP contribution in [0.4, 0.5) is 4.79 Å². The number of hydrogen-bond acceptors (Lipinski definition) is 14. The molecule has 0 radical (unpaired) electrons. The molecule has 4 aromatic rings. The van der Waals surface area contributed by atoms with Crippen LogP contribution in [0.15, 0.2) is 121 Å². The van der Waals surface area contributed by atoms with Crippen molar-refractivity contribution in [3.63, 3.8) is 0 Å². The lowest BCUT2D eigenvalue weighted by Crippen LogP contribution is -2.48. The Kier molecular flexibility index (Phi) is 51.6. The van der Waals surface area contributed by atoms with E-state index in [-0.39, 0.29) is 96.1 Å². The van der Waals surface area contributed by atoms with Crippen LogP contribution in [0, 0.1) is 0 Å². The molecule has 576 valence electrons. The number of phosphoric ester groups is 1. The number of phosphoric acid groups is 1. The lowest BCUT2D eigenvalue weighted by atomic mass is 10.0. The second-order valence-corrected chi connectivity index (χ2v) is 29.3. The quantitative estimate of drug-likeness (QED) is 0.0139. The van der Waals surface area contributed by atoms with Crippen LogP contribution in [-0.4, -0.2) is 86.3 Å². The fourth-order valence-corrected chi connectivity index (χ4v) is 13.4. The van der Waals surface area contributed by atoms with Crippen molar-refractivity contribution in [3.05, 3.63) is 144 Å². The molecule has 0 aliphatic carbocycles. The summed E-state index contributed by atoms with van der Waals surface area (Å²) in [5.41, 5.74) is 3.39. The van der Waals surface area contributed by atoms with Gasteiger partial charge in [-0.1, -0.05) is 309 Å². The zero-order chi connectivity index (χ0) is 73.7. The normalized spacial score (nSPS) is 12.6.